The Morgan fingerprint density at radius 1 is 1.07 bits per heavy atom. The maximum absolute atomic E-state index is 13.1. The molecule has 9 nitrogen and oxygen atoms in total. The highest BCUT2D eigenvalue weighted by Gasteiger charge is 2.26. The van der Waals surface area contributed by atoms with E-state index in [1.54, 1.807) is 16.7 Å². The summed E-state index contributed by atoms with van der Waals surface area (Å²) in [5.41, 5.74) is 1.66. The van der Waals surface area contributed by atoms with Gasteiger partial charge in [0.25, 0.3) is 5.89 Å². The molecule has 0 aliphatic carbocycles. The molecule has 0 N–H and O–H groups in total. The van der Waals surface area contributed by atoms with Gasteiger partial charge in [0.1, 0.15) is 12.2 Å². The number of para-hydroxylation sites is 1. The molecule has 30 heavy (non-hydrogen) atoms. The predicted octanol–water partition coefficient (Wildman–Crippen LogP) is 2.55. The molecule has 2 aromatic heterocycles. The summed E-state index contributed by atoms with van der Waals surface area (Å²) in [7, 11) is 0. The first-order chi connectivity index (χ1) is 14.6. The zero-order chi connectivity index (χ0) is 21.1. The van der Waals surface area contributed by atoms with Crippen molar-refractivity contribution in [3.05, 3.63) is 36.2 Å². The Labute approximate surface area is 174 Å². The van der Waals surface area contributed by atoms with E-state index in [2.05, 4.69) is 10.2 Å². The molecule has 1 fully saturated rings. The smallest absolute Gasteiger partial charge is 0.409 e. The van der Waals surface area contributed by atoms with E-state index in [-0.39, 0.29) is 18.5 Å². The lowest BCUT2D eigenvalue weighted by Crippen LogP contribution is -2.51. The summed E-state index contributed by atoms with van der Waals surface area (Å²) >= 11 is 0. The van der Waals surface area contributed by atoms with Crippen LogP contribution in [0.5, 0.6) is 0 Å². The molecule has 1 saturated heterocycles. The summed E-state index contributed by atoms with van der Waals surface area (Å²) in [5.74, 6) is 0.947. The quantitative estimate of drug-likeness (QED) is 0.641. The van der Waals surface area contributed by atoms with Crippen LogP contribution in [-0.2, 0) is 22.5 Å². The molecule has 9 heteroatoms. The van der Waals surface area contributed by atoms with Gasteiger partial charge in [-0.3, -0.25) is 4.79 Å². The molecule has 1 aliphatic rings. The van der Waals surface area contributed by atoms with Crippen molar-refractivity contribution in [1.29, 1.82) is 0 Å². The second-order valence-corrected chi connectivity index (χ2v) is 7.10. The van der Waals surface area contributed by atoms with Crippen LogP contribution in [0.3, 0.4) is 0 Å². The molecule has 2 amide bonds. The van der Waals surface area contributed by atoms with E-state index in [9.17, 15) is 9.59 Å². The van der Waals surface area contributed by atoms with Crippen molar-refractivity contribution in [3.63, 3.8) is 0 Å². The minimum atomic E-state index is -0.327. The number of fused-ring (bicyclic) bond motifs is 1. The standard InChI is InChI=1S/C21H25N5O4/c1-3-18-22-23-20(30-18)17-13-15-7-5-6-8-16(15)26(17)14-19(27)24-9-11-25(12-10-24)21(28)29-4-2/h5-8,13H,3-4,9-12,14H2,1-2H3. The largest absolute Gasteiger partial charge is 0.450 e. The number of nitrogens with zero attached hydrogens (tertiary/aromatic N) is 5. The Morgan fingerprint density at radius 3 is 2.50 bits per heavy atom. The molecule has 0 unspecified atom stereocenters. The molecule has 0 radical (unpaired) electrons. The first-order valence-electron chi connectivity index (χ1n) is 10.2. The van der Waals surface area contributed by atoms with Gasteiger partial charge in [0.05, 0.1) is 6.61 Å². The van der Waals surface area contributed by atoms with Crippen LogP contribution in [0.1, 0.15) is 19.7 Å². The van der Waals surface area contributed by atoms with Crippen molar-refractivity contribution >= 4 is 22.9 Å². The van der Waals surface area contributed by atoms with E-state index in [4.69, 9.17) is 9.15 Å². The molecule has 0 saturated carbocycles. The molecule has 1 aliphatic heterocycles. The number of aromatic nitrogens is 3. The fourth-order valence-corrected chi connectivity index (χ4v) is 3.65. The summed E-state index contributed by atoms with van der Waals surface area (Å²) in [6.07, 6.45) is 0.322. The predicted molar refractivity (Wildman–Crippen MR) is 110 cm³/mol. The minimum Gasteiger partial charge on any atom is -0.450 e. The highest BCUT2D eigenvalue weighted by Crippen LogP contribution is 2.28. The second-order valence-electron chi connectivity index (χ2n) is 7.10. The van der Waals surface area contributed by atoms with Crippen molar-refractivity contribution < 1.29 is 18.7 Å². The lowest BCUT2D eigenvalue weighted by Gasteiger charge is -2.34. The number of rotatable bonds is 5. The lowest BCUT2D eigenvalue weighted by atomic mass is 10.2. The first kappa shape index (κ1) is 19.9. The molecule has 0 atom stereocenters. The van der Waals surface area contributed by atoms with E-state index in [0.29, 0.717) is 51.0 Å². The summed E-state index contributed by atoms with van der Waals surface area (Å²) < 4.78 is 12.7. The Balaban J connectivity index is 1.54. The van der Waals surface area contributed by atoms with Crippen LogP contribution < -0.4 is 0 Å². The van der Waals surface area contributed by atoms with Gasteiger partial charge in [0.15, 0.2) is 0 Å². The van der Waals surface area contributed by atoms with Crippen LogP contribution in [0.2, 0.25) is 0 Å². The molecule has 0 spiro atoms. The topological polar surface area (TPSA) is 93.7 Å². The van der Waals surface area contributed by atoms with Crippen molar-refractivity contribution in [2.75, 3.05) is 32.8 Å². The summed E-state index contributed by atoms with van der Waals surface area (Å²) in [6.45, 7) is 6.12. The maximum Gasteiger partial charge on any atom is 0.409 e. The van der Waals surface area contributed by atoms with Gasteiger partial charge in [-0.25, -0.2) is 4.79 Å². The Bertz CT molecular complexity index is 1050. The number of ether oxygens (including phenoxy) is 1. The fraction of sp³-hybridized carbons (Fsp3) is 0.429. The average molecular weight is 411 g/mol. The van der Waals surface area contributed by atoms with Gasteiger partial charge in [-0.15, -0.1) is 10.2 Å². The number of amides is 2. The number of aryl methyl sites for hydroxylation is 1. The van der Waals surface area contributed by atoms with Crippen molar-refractivity contribution in [1.82, 2.24) is 24.6 Å². The highest BCUT2D eigenvalue weighted by atomic mass is 16.6. The average Bonchev–Trinajstić information content (AvgIpc) is 3.39. The first-order valence-corrected chi connectivity index (χ1v) is 10.2. The van der Waals surface area contributed by atoms with E-state index in [1.807, 2.05) is 41.8 Å². The van der Waals surface area contributed by atoms with E-state index in [0.717, 1.165) is 16.6 Å². The molecule has 3 heterocycles. The molecule has 3 aromatic rings. The number of hydrogen-bond donors (Lipinski definition) is 0. The van der Waals surface area contributed by atoms with Crippen LogP contribution in [0, 0.1) is 0 Å². The fourth-order valence-electron chi connectivity index (χ4n) is 3.65. The molecule has 0 bridgehead atoms. The van der Waals surface area contributed by atoms with Gasteiger partial charge in [-0.1, -0.05) is 25.1 Å². The van der Waals surface area contributed by atoms with Gasteiger partial charge < -0.3 is 23.5 Å². The zero-order valence-electron chi connectivity index (χ0n) is 17.2. The van der Waals surface area contributed by atoms with E-state index >= 15 is 0 Å². The number of hydrogen-bond acceptors (Lipinski definition) is 6. The third-order valence-corrected chi connectivity index (χ3v) is 5.25. The van der Waals surface area contributed by atoms with Crippen molar-refractivity contribution in [2.45, 2.75) is 26.8 Å². The van der Waals surface area contributed by atoms with Gasteiger partial charge in [-0.2, -0.15) is 0 Å². The Kier molecular flexibility index (Phi) is 5.69. The zero-order valence-corrected chi connectivity index (χ0v) is 17.2. The monoisotopic (exact) mass is 411 g/mol. The third kappa shape index (κ3) is 3.87. The Hall–Kier alpha value is -3.36. The summed E-state index contributed by atoms with van der Waals surface area (Å²) in [5, 5.41) is 9.22. The van der Waals surface area contributed by atoms with Crippen LogP contribution in [-0.4, -0.2) is 69.4 Å². The van der Waals surface area contributed by atoms with E-state index < -0.39 is 0 Å². The molecule has 1 aromatic carbocycles. The minimum absolute atomic E-state index is 0.0173. The molecule has 4 rings (SSSR count). The number of carbonyl (C=O) groups excluding carboxylic acids is 2. The number of piperazine rings is 1. The summed E-state index contributed by atoms with van der Waals surface area (Å²) in [4.78, 5) is 28.3. The van der Waals surface area contributed by atoms with Gasteiger partial charge in [0.2, 0.25) is 11.8 Å². The Morgan fingerprint density at radius 2 is 1.80 bits per heavy atom. The van der Waals surface area contributed by atoms with Gasteiger partial charge in [-0.05, 0) is 19.1 Å². The third-order valence-electron chi connectivity index (χ3n) is 5.25. The van der Waals surface area contributed by atoms with Crippen molar-refractivity contribution in [3.8, 4) is 11.6 Å². The van der Waals surface area contributed by atoms with Crippen LogP contribution in [0.4, 0.5) is 4.79 Å². The van der Waals surface area contributed by atoms with Crippen LogP contribution >= 0.6 is 0 Å². The molecular formula is C21H25N5O4. The van der Waals surface area contributed by atoms with Gasteiger partial charge in [0, 0.05) is 43.5 Å². The van der Waals surface area contributed by atoms with Crippen molar-refractivity contribution in [2.24, 2.45) is 0 Å². The van der Waals surface area contributed by atoms with E-state index in [1.165, 1.54) is 0 Å². The molecule has 158 valence electrons. The van der Waals surface area contributed by atoms with Crippen LogP contribution in [0.15, 0.2) is 34.7 Å². The highest BCUT2D eigenvalue weighted by molar-refractivity contribution is 5.88. The van der Waals surface area contributed by atoms with Gasteiger partial charge >= 0.3 is 6.09 Å². The van der Waals surface area contributed by atoms with Crippen LogP contribution in [0.25, 0.3) is 22.5 Å². The lowest BCUT2D eigenvalue weighted by molar-refractivity contribution is -0.133. The summed E-state index contributed by atoms with van der Waals surface area (Å²) in [6, 6.07) is 9.83. The molecular weight excluding hydrogens is 386 g/mol. The number of carbonyl (C=O) groups is 2. The second kappa shape index (κ2) is 8.56. The maximum atomic E-state index is 13.1. The normalized spacial score (nSPS) is 14.3. The SMILES string of the molecule is CCOC(=O)N1CCN(C(=O)Cn2c(-c3nnc(CC)o3)cc3ccccc32)CC1. The number of benzene rings is 1.